The standard InChI is InChI=1S/C17H15ClFNO/c18-11-16(21)20-10-9-12-3-1-2-4-15(12)17(20)13-5-7-14(19)8-6-13/h1-8,17H,9-11H2. The maximum absolute atomic E-state index is 13.2. The minimum atomic E-state index is -0.280. The highest BCUT2D eigenvalue weighted by Crippen LogP contribution is 2.35. The summed E-state index contributed by atoms with van der Waals surface area (Å²) in [6.45, 7) is 0.630. The predicted octanol–water partition coefficient (Wildman–Crippen LogP) is 3.54. The van der Waals surface area contributed by atoms with Crippen LogP contribution in [0.5, 0.6) is 0 Å². The Bertz CT molecular complexity index is 656. The van der Waals surface area contributed by atoms with E-state index in [1.54, 1.807) is 17.0 Å². The fourth-order valence-electron chi connectivity index (χ4n) is 2.92. The zero-order chi connectivity index (χ0) is 14.8. The molecule has 1 unspecified atom stereocenters. The smallest absolute Gasteiger partial charge is 0.238 e. The van der Waals surface area contributed by atoms with Crippen LogP contribution in [-0.2, 0) is 11.2 Å². The van der Waals surface area contributed by atoms with Crippen molar-refractivity contribution in [1.29, 1.82) is 0 Å². The van der Waals surface area contributed by atoms with Crippen molar-refractivity contribution in [2.45, 2.75) is 12.5 Å². The average molecular weight is 304 g/mol. The zero-order valence-corrected chi connectivity index (χ0v) is 12.2. The van der Waals surface area contributed by atoms with Gasteiger partial charge >= 0.3 is 0 Å². The van der Waals surface area contributed by atoms with Gasteiger partial charge in [-0.3, -0.25) is 4.79 Å². The average Bonchev–Trinajstić information content (AvgIpc) is 2.54. The van der Waals surface area contributed by atoms with Crippen LogP contribution in [0.1, 0.15) is 22.7 Å². The quantitative estimate of drug-likeness (QED) is 0.777. The maximum Gasteiger partial charge on any atom is 0.238 e. The summed E-state index contributed by atoms with van der Waals surface area (Å²) in [5.41, 5.74) is 3.22. The second-order valence-electron chi connectivity index (χ2n) is 5.12. The van der Waals surface area contributed by atoms with Gasteiger partial charge in [-0.15, -0.1) is 11.6 Å². The van der Waals surface area contributed by atoms with E-state index in [-0.39, 0.29) is 23.6 Å². The number of halogens is 2. The van der Waals surface area contributed by atoms with Crippen LogP contribution < -0.4 is 0 Å². The number of rotatable bonds is 2. The van der Waals surface area contributed by atoms with Gasteiger partial charge in [-0.25, -0.2) is 4.39 Å². The molecule has 0 aromatic heterocycles. The molecule has 21 heavy (non-hydrogen) atoms. The molecule has 0 fully saturated rings. The fraction of sp³-hybridized carbons (Fsp3) is 0.235. The van der Waals surface area contributed by atoms with Crippen LogP contribution in [0.15, 0.2) is 48.5 Å². The second kappa shape index (κ2) is 5.86. The van der Waals surface area contributed by atoms with Crippen LogP contribution in [0.3, 0.4) is 0 Å². The molecule has 1 heterocycles. The number of benzene rings is 2. The van der Waals surface area contributed by atoms with E-state index in [2.05, 4.69) is 6.07 Å². The number of amides is 1. The van der Waals surface area contributed by atoms with Crippen LogP contribution in [-0.4, -0.2) is 23.2 Å². The molecule has 0 spiro atoms. The summed E-state index contributed by atoms with van der Waals surface area (Å²) in [6.07, 6.45) is 0.816. The van der Waals surface area contributed by atoms with E-state index >= 15 is 0 Å². The Kier molecular flexibility index (Phi) is 3.93. The summed E-state index contributed by atoms with van der Waals surface area (Å²) in [4.78, 5) is 13.9. The van der Waals surface area contributed by atoms with Gasteiger partial charge in [0.05, 0.1) is 6.04 Å². The molecule has 1 amide bonds. The summed E-state index contributed by atoms with van der Waals surface area (Å²) in [5.74, 6) is -0.418. The largest absolute Gasteiger partial charge is 0.330 e. The normalized spacial score (nSPS) is 17.4. The van der Waals surface area contributed by atoms with E-state index in [4.69, 9.17) is 11.6 Å². The monoisotopic (exact) mass is 303 g/mol. The molecule has 108 valence electrons. The van der Waals surface area contributed by atoms with Gasteiger partial charge in [-0.05, 0) is 35.2 Å². The first-order chi connectivity index (χ1) is 10.2. The number of carbonyl (C=O) groups is 1. The van der Waals surface area contributed by atoms with Crippen LogP contribution >= 0.6 is 11.6 Å². The Balaban J connectivity index is 2.09. The SMILES string of the molecule is O=C(CCl)N1CCc2ccccc2C1c1ccc(F)cc1. The minimum Gasteiger partial charge on any atom is -0.330 e. The number of carbonyl (C=O) groups excluding carboxylic acids is 1. The first-order valence-electron chi connectivity index (χ1n) is 6.89. The van der Waals surface area contributed by atoms with Crippen LogP contribution in [0.25, 0.3) is 0 Å². The van der Waals surface area contributed by atoms with Crippen molar-refractivity contribution < 1.29 is 9.18 Å². The van der Waals surface area contributed by atoms with Gasteiger partial charge in [-0.2, -0.15) is 0 Å². The summed E-state index contributed by atoms with van der Waals surface area (Å²) >= 11 is 5.74. The first kappa shape index (κ1) is 14.1. The third kappa shape index (κ3) is 2.66. The van der Waals surface area contributed by atoms with E-state index in [1.165, 1.54) is 17.7 Å². The number of fused-ring (bicyclic) bond motifs is 1. The van der Waals surface area contributed by atoms with Crippen molar-refractivity contribution >= 4 is 17.5 Å². The van der Waals surface area contributed by atoms with Crippen molar-refractivity contribution in [3.05, 3.63) is 71.0 Å². The highest BCUT2D eigenvalue weighted by molar-refractivity contribution is 6.27. The highest BCUT2D eigenvalue weighted by Gasteiger charge is 2.31. The van der Waals surface area contributed by atoms with E-state index in [0.717, 1.165) is 17.5 Å². The topological polar surface area (TPSA) is 20.3 Å². The van der Waals surface area contributed by atoms with Crippen molar-refractivity contribution in [1.82, 2.24) is 4.90 Å². The van der Waals surface area contributed by atoms with Gasteiger partial charge in [0.1, 0.15) is 11.7 Å². The summed E-state index contributed by atoms with van der Waals surface area (Å²) < 4.78 is 13.2. The van der Waals surface area contributed by atoms with Crippen LogP contribution in [0, 0.1) is 5.82 Å². The fourth-order valence-corrected chi connectivity index (χ4v) is 3.07. The summed E-state index contributed by atoms with van der Waals surface area (Å²) in [7, 11) is 0. The third-order valence-corrected chi connectivity index (χ3v) is 4.13. The zero-order valence-electron chi connectivity index (χ0n) is 11.4. The number of nitrogens with zero attached hydrogens (tertiary/aromatic N) is 1. The van der Waals surface area contributed by atoms with Crippen molar-refractivity contribution in [2.75, 3.05) is 12.4 Å². The van der Waals surface area contributed by atoms with E-state index < -0.39 is 0 Å². The molecule has 0 saturated heterocycles. The molecule has 0 bridgehead atoms. The third-order valence-electron chi connectivity index (χ3n) is 3.90. The molecule has 4 heteroatoms. The Morgan fingerprint density at radius 2 is 1.90 bits per heavy atom. The number of hydrogen-bond acceptors (Lipinski definition) is 1. The molecule has 0 N–H and O–H groups in total. The summed E-state index contributed by atoms with van der Waals surface area (Å²) in [5, 5.41) is 0. The molecule has 1 aliphatic rings. The molecule has 2 aromatic carbocycles. The maximum atomic E-state index is 13.2. The van der Waals surface area contributed by atoms with Gasteiger partial charge in [0.15, 0.2) is 0 Å². The molecule has 1 aliphatic heterocycles. The molecule has 2 nitrogen and oxygen atoms in total. The first-order valence-corrected chi connectivity index (χ1v) is 7.43. The predicted molar refractivity (Wildman–Crippen MR) is 80.8 cm³/mol. The highest BCUT2D eigenvalue weighted by atomic mass is 35.5. The Hall–Kier alpha value is -1.87. The molecule has 0 saturated carbocycles. The molecular formula is C17H15ClFNO. The van der Waals surface area contributed by atoms with Crippen molar-refractivity contribution in [3.63, 3.8) is 0 Å². The Morgan fingerprint density at radius 3 is 2.62 bits per heavy atom. The molecule has 2 aromatic rings. The van der Waals surface area contributed by atoms with Gasteiger partial charge in [0.2, 0.25) is 5.91 Å². The van der Waals surface area contributed by atoms with E-state index in [9.17, 15) is 9.18 Å². The minimum absolute atomic E-state index is 0.0418. The Labute approximate surface area is 128 Å². The van der Waals surface area contributed by atoms with Gasteiger partial charge in [-0.1, -0.05) is 36.4 Å². The molecule has 1 atom stereocenters. The van der Waals surface area contributed by atoms with E-state index in [0.29, 0.717) is 6.54 Å². The second-order valence-corrected chi connectivity index (χ2v) is 5.39. The Morgan fingerprint density at radius 1 is 1.19 bits per heavy atom. The van der Waals surface area contributed by atoms with Gasteiger partial charge in [0.25, 0.3) is 0 Å². The van der Waals surface area contributed by atoms with Crippen molar-refractivity contribution in [3.8, 4) is 0 Å². The lowest BCUT2D eigenvalue weighted by atomic mass is 9.88. The molecule has 3 rings (SSSR count). The van der Waals surface area contributed by atoms with Gasteiger partial charge in [0, 0.05) is 6.54 Å². The molecule has 0 radical (unpaired) electrons. The lowest BCUT2D eigenvalue weighted by molar-refractivity contribution is -0.130. The molecule has 0 aliphatic carbocycles. The lowest BCUT2D eigenvalue weighted by Crippen LogP contribution is -2.41. The van der Waals surface area contributed by atoms with Crippen LogP contribution in [0.2, 0.25) is 0 Å². The van der Waals surface area contributed by atoms with E-state index in [1.807, 2.05) is 18.2 Å². The van der Waals surface area contributed by atoms with Gasteiger partial charge < -0.3 is 4.90 Å². The lowest BCUT2D eigenvalue weighted by Gasteiger charge is -2.37. The molecular weight excluding hydrogens is 289 g/mol. The summed E-state index contributed by atoms with van der Waals surface area (Å²) in [6, 6.07) is 14.2. The van der Waals surface area contributed by atoms with Crippen molar-refractivity contribution in [2.24, 2.45) is 0 Å². The number of hydrogen-bond donors (Lipinski definition) is 0. The van der Waals surface area contributed by atoms with Crippen LogP contribution in [0.4, 0.5) is 4.39 Å². The number of alkyl halides is 1.